The van der Waals surface area contributed by atoms with E-state index in [4.69, 9.17) is 4.74 Å². The van der Waals surface area contributed by atoms with E-state index in [1.807, 2.05) is 44.2 Å². The molecule has 8 nitrogen and oxygen atoms in total. The van der Waals surface area contributed by atoms with Gasteiger partial charge in [0.1, 0.15) is 18.2 Å². The number of non-ortho nitro benzene ring substituents is 1. The molecular formula is C26H23BrN4O4. The molecule has 4 rings (SSSR count). The van der Waals surface area contributed by atoms with Crippen LogP contribution in [0.5, 0.6) is 5.75 Å². The summed E-state index contributed by atoms with van der Waals surface area (Å²) in [6.07, 6.45) is 2.72. The number of benzene rings is 3. The minimum atomic E-state index is -0.481. The number of aromatic nitrogens is 2. The van der Waals surface area contributed by atoms with Crippen molar-refractivity contribution in [2.24, 2.45) is 5.10 Å². The lowest BCUT2D eigenvalue weighted by atomic mass is 10.1. The molecule has 0 aliphatic rings. The second-order valence-corrected chi connectivity index (χ2v) is 8.97. The van der Waals surface area contributed by atoms with Crippen LogP contribution in [0.2, 0.25) is 0 Å². The highest BCUT2D eigenvalue weighted by atomic mass is 79.9. The van der Waals surface area contributed by atoms with E-state index in [0.29, 0.717) is 34.5 Å². The van der Waals surface area contributed by atoms with Crippen molar-refractivity contribution in [2.45, 2.75) is 33.3 Å². The van der Waals surface area contributed by atoms with Crippen molar-refractivity contribution in [1.82, 2.24) is 9.66 Å². The summed E-state index contributed by atoms with van der Waals surface area (Å²) in [5.74, 6) is 0.928. The van der Waals surface area contributed by atoms with Crippen molar-refractivity contribution in [2.75, 3.05) is 0 Å². The molecule has 0 saturated heterocycles. The number of hydrogen-bond donors (Lipinski definition) is 0. The SMILES string of the molecule is CCCc1nc2ccc(Br)cc2c(=O)n1N=Cc1cc([N+](=O)[O-])ccc1OCc1ccc(C)cc1. The maximum Gasteiger partial charge on any atom is 0.282 e. The van der Waals surface area contributed by atoms with Crippen molar-refractivity contribution < 1.29 is 9.66 Å². The number of ether oxygens (including phenoxy) is 1. The number of aryl methyl sites for hydroxylation is 2. The number of halogens is 1. The van der Waals surface area contributed by atoms with Crippen LogP contribution in [0.1, 0.15) is 35.9 Å². The van der Waals surface area contributed by atoms with E-state index in [0.717, 1.165) is 22.0 Å². The van der Waals surface area contributed by atoms with Gasteiger partial charge in [0.15, 0.2) is 0 Å². The molecule has 0 unspecified atom stereocenters. The Morgan fingerprint density at radius 3 is 2.63 bits per heavy atom. The van der Waals surface area contributed by atoms with Gasteiger partial charge in [-0.05, 0) is 43.2 Å². The average Bonchev–Trinajstić information content (AvgIpc) is 2.84. The van der Waals surface area contributed by atoms with Gasteiger partial charge in [0.05, 0.1) is 22.0 Å². The lowest BCUT2D eigenvalue weighted by Crippen LogP contribution is -2.22. The smallest absolute Gasteiger partial charge is 0.282 e. The van der Waals surface area contributed by atoms with Crippen molar-refractivity contribution in [1.29, 1.82) is 0 Å². The van der Waals surface area contributed by atoms with E-state index in [2.05, 4.69) is 26.0 Å². The normalized spacial score (nSPS) is 11.3. The third-order valence-corrected chi connectivity index (χ3v) is 5.87. The van der Waals surface area contributed by atoms with Gasteiger partial charge in [-0.1, -0.05) is 52.7 Å². The highest BCUT2D eigenvalue weighted by molar-refractivity contribution is 9.10. The first-order valence-corrected chi connectivity index (χ1v) is 11.9. The fraction of sp³-hybridized carbons (Fsp3) is 0.192. The summed E-state index contributed by atoms with van der Waals surface area (Å²) in [5, 5.41) is 16.2. The number of hydrogen-bond acceptors (Lipinski definition) is 6. The quantitative estimate of drug-likeness (QED) is 0.162. The fourth-order valence-corrected chi connectivity index (χ4v) is 3.91. The summed E-state index contributed by atoms with van der Waals surface area (Å²) in [6.45, 7) is 4.28. The Morgan fingerprint density at radius 2 is 1.91 bits per heavy atom. The molecule has 0 fully saturated rings. The van der Waals surface area contributed by atoms with Gasteiger partial charge in [0.2, 0.25) is 0 Å². The Morgan fingerprint density at radius 1 is 1.14 bits per heavy atom. The first-order valence-electron chi connectivity index (χ1n) is 11.1. The second kappa shape index (κ2) is 10.6. The molecule has 1 heterocycles. The van der Waals surface area contributed by atoms with E-state index in [1.54, 1.807) is 18.2 Å². The molecule has 0 amide bonds. The van der Waals surface area contributed by atoms with Crippen molar-refractivity contribution in [3.05, 3.63) is 108 Å². The zero-order valence-electron chi connectivity index (χ0n) is 19.3. The standard InChI is InChI=1S/C26H23BrN4O4/c1-3-4-25-29-23-11-9-20(27)14-22(23)26(32)30(25)28-15-19-13-21(31(33)34)10-12-24(19)35-16-18-7-5-17(2)6-8-18/h5-15H,3-4,16H2,1-2H3. The molecule has 3 aromatic carbocycles. The molecule has 178 valence electrons. The van der Waals surface area contributed by atoms with E-state index in [-0.39, 0.29) is 17.9 Å². The molecule has 0 radical (unpaired) electrons. The molecule has 1 aromatic heterocycles. The number of nitrogens with zero attached hydrogens (tertiary/aromatic N) is 4. The van der Waals surface area contributed by atoms with Crippen LogP contribution in [0.15, 0.2) is 75.0 Å². The molecule has 0 N–H and O–H groups in total. The molecule has 0 spiro atoms. The Bertz CT molecular complexity index is 1480. The van der Waals surface area contributed by atoms with Crippen LogP contribution in [-0.2, 0) is 13.0 Å². The number of fused-ring (bicyclic) bond motifs is 1. The first-order chi connectivity index (χ1) is 16.9. The number of nitro groups is 1. The largest absolute Gasteiger partial charge is 0.488 e. The average molecular weight is 535 g/mol. The maximum absolute atomic E-state index is 13.2. The van der Waals surface area contributed by atoms with Crippen LogP contribution in [0.25, 0.3) is 10.9 Å². The zero-order chi connectivity index (χ0) is 24.9. The summed E-state index contributed by atoms with van der Waals surface area (Å²) in [4.78, 5) is 28.8. The van der Waals surface area contributed by atoms with Crippen molar-refractivity contribution in [3.8, 4) is 5.75 Å². The topological polar surface area (TPSA) is 99.6 Å². The van der Waals surface area contributed by atoms with E-state index in [1.165, 1.54) is 23.0 Å². The van der Waals surface area contributed by atoms with Crippen LogP contribution in [0, 0.1) is 17.0 Å². The van der Waals surface area contributed by atoms with Gasteiger partial charge in [-0.2, -0.15) is 9.78 Å². The van der Waals surface area contributed by atoms with E-state index >= 15 is 0 Å². The Balaban J connectivity index is 1.75. The lowest BCUT2D eigenvalue weighted by Gasteiger charge is -2.11. The third kappa shape index (κ3) is 5.63. The molecule has 0 aliphatic carbocycles. The molecule has 9 heteroatoms. The monoisotopic (exact) mass is 534 g/mol. The lowest BCUT2D eigenvalue weighted by molar-refractivity contribution is -0.384. The number of nitro benzene ring substituents is 1. The minimum absolute atomic E-state index is 0.101. The Hall–Kier alpha value is -3.85. The van der Waals surface area contributed by atoms with Crippen molar-refractivity contribution in [3.63, 3.8) is 0 Å². The van der Waals surface area contributed by atoms with Gasteiger partial charge in [0.25, 0.3) is 11.2 Å². The minimum Gasteiger partial charge on any atom is -0.488 e. The summed E-state index contributed by atoms with van der Waals surface area (Å²) in [5.41, 5.74) is 2.66. The summed E-state index contributed by atoms with van der Waals surface area (Å²) in [7, 11) is 0. The molecule has 0 saturated carbocycles. The van der Waals surface area contributed by atoms with Crippen LogP contribution in [0.3, 0.4) is 0 Å². The maximum atomic E-state index is 13.2. The molecule has 0 aliphatic heterocycles. The Labute approximate surface area is 210 Å². The predicted octanol–water partition coefficient (Wildman–Crippen LogP) is 5.79. The zero-order valence-corrected chi connectivity index (χ0v) is 20.9. The molecule has 4 aromatic rings. The van der Waals surface area contributed by atoms with Gasteiger partial charge in [-0.15, -0.1) is 0 Å². The summed E-state index contributed by atoms with van der Waals surface area (Å²) in [6, 6.07) is 17.5. The van der Waals surface area contributed by atoms with Crippen molar-refractivity contribution >= 4 is 38.7 Å². The van der Waals surface area contributed by atoms with Gasteiger partial charge >= 0.3 is 0 Å². The van der Waals surface area contributed by atoms with E-state index in [9.17, 15) is 14.9 Å². The molecular weight excluding hydrogens is 512 g/mol. The van der Waals surface area contributed by atoms with Crippen LogP contribution in [0.4, 0.5) is 5.69 Å². The third-order valence-electron chi connectivity index (χ3n) is 5.38. The molecule has 35 heavy (non-hydrogen) atoms. The van der Waals surface area contributed by atoms with E-state index < -0.39 is 4.92 Å². The number of rotatable bonds is 8. The molecule has 0 bridgehead atoms. The van der Waals surface area contributed by atoms with Crippen LogP contribution >= 0.6 is 15.9 Å². The Kier molecular flexibility index (Phi) is 7.36. The second-order valence-electron chi connectivity index (χ2n) is 8.05. The van der Waals surface area contributed by atoms with Crippen LogP contribution in [-0.4, -0.2) is 20.8 Å². The van der Waals surface area contributed by atoms with Gasteiger partial charge in [-0.3, -0.25) is 14.9 Å². The first kappa shape index (κ1) is 24.3. The predicted molar refractivity (Wildman–Crippen MR) is 139 cm³/mol. The fourth-order valence-electron chi connectivity index (χ4n) is 3.55. The van der Waals surface area contributed by atoms with Crippen LogP contribution < -0.4 is 10.3 Å². The summed E-state index contributed by atoms with van der Waals surface area (Å²) >= 11 is 3.39. The van der Waals surface area contributed by atoms with Gasteiger partial charge in [-0.25, -0.2) is 4.98 Å². The molecule has 0 atom stereocenters. The van der Waals surface area contributed by atoms with Gasteiger partial charge in [0, 0.05) is 28.6 Å². The van der Waals surface area contributed by atoms with Gasteiger partial charge < -0.3 is 4.74 Å². The summed E-state index contributed by atoms with van der Waals surface area (Å²) < 4.78 is 7.97. The highest BCUT2D eigenvalue weighted by Gasteiger charge is 2.13. The highest BCUT2D eigenvalue weighted by Crippen LogP contribution is 2.24.